The molecule has 0 fully saturated rings. The van der Waals surface area contributed by atoms with Crippen molar-refractivity contribution in [3.05, 3.63) is 84.9 Å². The molecule has 0 bridgehead atoms. The topological polar surface area (TPSA) is 72.1 Å². The zero-order valence-corrected chi connectivity index (χ0v) is 16.1. The molecule has 0 spiro atoms. The molecule has 0 aliphatic rings. The molecule has 3 heterocycles. The Hall–Kier alpha value is -4.00. The normalized spacial score (nSPS) is 10.9. The summed E-state index contributed by atoms with van der Waals surface area (Å²) >= 11 is 0. The maximum Gasteiger partial charge on any atom is 0.311 e. The van der Waals surface area contributed by atoms with E-state index in [9.17, 15) is 4.79 Å². The van der Waals surface area contributed by atoms with E-state index in [1.54, 1.807) is 12.4 Å². The van der Waals surface area contributed by atoms with Crippen molar-refractivity contribution >= 4 is 41.0 Å². The number of aromatic nitrogens is 3. The molecule has 0 radical (unpaired) electrons. The Morgan fingerprint density at radius 3 is 2.73 bits per heavy atom. The molecule has 0 saturated heterocycles. The number of benzene rings is 2. The summed E-state index contributed by atoms with van der Waals surface area (Å²) in [5.74, 6) is 0.787. The van der Waals surface area contributed by atoms with Crippen molar-refractivity contribution in [3.63, 3.8) is 0 Å². The lowest BCUT2D eigenvalue weighted by Crippen LogP contribution is -2.28. The summed E-state index contributed by atoms with van der Waals surface area (Å²) < 4.78 is 6.08. The lowest BCUT2D eigenvalue weighted by Gasteiger charge is -2.22. The predicted molar refractivity (Wildman–Crippen MR) is 119 cm³/mol. The van der Waals surface area contributed by atoms with Gasteiger partial charge in [-0.05, 0) is 35.2 Å². The van der Waals surface area contributed by atoms with Gasteiger partial charge in [-0.1, -0.05) is 30.3 Å². The van der Waals surface area contributed by atoms with Crippen LogP contribution in [0.2, 0.25) is 0 Å². The molecule has 0 saturated carbocycles. The SMILES string of the molecule is O=CBN(Cc1ccc2cncc(-c3cc4ccccc4o3)c2c1)c1ccnnc1. The van der Waals surface area contributed by atoms with Crippen molar-refractivity contribution in [1.82, 2.24) is 15.2 Å². The molecule has 2 aromatic carbocycles. The van der Waals surface area contributed by atoms with Gasteiger partial charge in [0, 0.05) is 41.0 Å². The van der Waals surface area contributed by atoms with Crippen molar-refractivity contribution in [1.29, 1.82) is 0 Å². The van der Waals surface area contributed by atoms with Crippen molar-refractivity contribution in [3.8, 4) is 11.3 Å². The number of rotatable bonds is 6. The average Bonchev–Trinajstić information content (AvgIpc) is 3.23. The van der Waals surface area contributed by atoms with E-state index in [4.69, 9.17) is 4.42 Å². The zero-order chi connectivity index (χ0) is 20.3. The number of furan rings is 1. The third-order valence-corrected chi connectivity index (χ3v) is 5.12. The minimum Gasteiger partial charge on any atom is -0.456 e. The second-order valence-corrected chi connectivity index (χ2v) is 7.04. The monoisotopic (exact) mass is 392 g/mol. The molecule has 0 amide bonds. The molecule has 7 heteroatoms. The van der Waals surface area contributed by atoms with Crippen LogP contribution in [0, 0.1) is 0 Å². The summed E-state index contributed by atoms with van der Waals surface area (Å²) in [6.07, 6.45) is 7.86. The minimum absolute atomic E-state index is 0.274. The summed E-state index contributed by atoms with van der Waals surface area (Å²) in [6.45, 7) is 0.572. The van der Waals surface area contributed by atoms with E-state index in [-0.39, 0.29) is 7.41 Å². The number of hydrogen-bond donors (Lipinski definition) is 0. The predicted octanol–water partition coefficient (Wildman–Crippen LogP) is 3.99. The summed E-state index contributed by atoms with van der Waals surface area (Å²) in [5, 5.41) is 10.9. The number of carbonyl (C=O) groups excluding carboxylic acids is 1. The maximum atomic E-state index is 11.2. The van der Waals surface area contributed by atoms with Crippen LogP contribution in [0.5, 0.6) is 0 Å². The fourth-order valence-corrected chi connectivity index (χ4v) is 3.66. The van der Waals surface area contributed by atoms with E-state index in [1.165, 1.54) is 0 Å². The lowest BCUT2D eigenvalue weighted by atomic mass is 9.92. The van der Waals surface area contributed by atoms with E-state index in [0.717, 1.165) is 50.5 Å². The van der Waals surface area contributed by atoms with Gasteiger partial charge < -0.3 is 14.0 Å². The van der Waals surface area contributed by atoms with Crippen LogP contribution < -0.4 is 4.81 Å². The second-order valence-electron chi connectivity index (χ2n) is 7.04. The van der Waals surface area contributed by atoms with Gasteiger partial charge in [0.15, 0.2) is 0 Å². The van der Waals surface area contributed by atoms with Crippen LogP contribution in [0.15, 0.2) is 83.8 Å². The molecule has 0 N–H and O–H groups in total. The number of anilines is 1. The van der Waals surface area contributed by atoms with Crippen molar-refractivity contribution in [2.24, 2.45) is 0 Å². The van der Waals surface area contributed by atoms with Gasteiger partial charge in [0.25, 0.3) is 0 Å². The molecule has 3 aromatic heterocycles. The molecule has 6 nitrogen and oxygen atoms in total. The molecule has 144 valence electrons. The van der Waals surface area contributed by atoms with Crippen LogP contribution in [0.4, 0.5) is 5.69 Å². The fraction of sp³-hybridized carbons (Fsp3) is 0.0435. The van der Waals surface area contributed by atoms with Crippen molar-refractivity contribution < 1.29 is 9.21 Å². The molecule has 0 atom stereocenters. The third-order valence-electron chi connectivity index (χ3n) is 5.12. The average molecular weight is 392 g/mol. The van der Waals surface area contributed by atoms with E-state index < -0.39 is 0 Å². The van der Waals surface area contributed by atoms with Crippen LogP contribution in [0.1, 0.15) is 5.56 Å². The standard InChI is InChI=1S/C23H17BN4O2/c29-15-24-28(19-7-8-26-27-12-19)14-16-5-6-18-11-25-13-21(20(18)9-16)23-10-17-3-1-2-4-22(17)30-23/h1-13,15,24H,14H2. The summed E-state index contributed by atoms with van der Waals surface area (Å²) in [7, 11) is 0.274. The molecule has 5 rings (SSSR count). The van der Waals surface area contributed by atoms with Gasteiger partial charge in [0.2, 0.25) is 0 Å². The van der Waals surface area contributed by atoms with Crippen LogP contribution in [0.3, 0.4) is 0 Å². The van der Waals surface area contributed by atoms with Crippen molar-refractivity contribution in [2.45, 2.75) is 6.54 Å². The number of hydrogen-bond acceptors (Lipinski definition) is 6. The van der Waals surface area contributed by atoms with E-state index in [2.05, 4.69) is 27.3 Å². The van der Waals surface area contributed by atoms with E-state index in [0.29, 0.717) is 6.54 Å². The van der Waals surface area contributed by atoms with Gasteiger partial charge >= 0.3 is 7.41 Å². The van der Waals surface area contributed by atoms with Gasteiger partial charge in [0.05, 0.1) is 12.4 Å². The first-order chi connectivity index (χ1) is 14.8. The molecule has 5 aromatic rings. The number of pyridine rings is 1. The van der Waals surface area contributed by atoms with E-state index in [1.807, 2.05) is 59.7 Å². The Labute approximate surface area is 173 Å². The second kappa shape index (κ2) is 7.79. The molecular formula is C23H17BN4O2. The Morgan fingerprint density at radius 2 is 1.90 bits per heavy atom. The fourth-order valence-electron chi connectivity index (χ4n) is 3.66. The first kappa shape index (κ1) is 18.1. The highest BCUT2D eigenvalue weighted by atomic mass is 16.3. The van der Waals surface area contributed by atoms with Crippen LogP contribution >= 0.6 is 0 Å². The molecule has 30 heavy (non-hydrogen) atoms. The summed E-state index contributed by atoms with van der Waals surface area (Å²) in [6, 6.07) is 18.1. The highest BCUT2D eigenvalue weighted by Gasteiger charge is 2.13. The highest BCUT2D eigenvalue weighted by Crippen LogP contribution is 2.33. The number of nitrogens with zero attached hydrogens (tertiary/aromatic N) is 4. The van der Waals surface area contributed by atoms with Crippen LogP contribution in [-0.4, -0.2) is 28.8 Å². The summed E-state index contributed by atoms with van der Waals surface area (Å²) in [5.41, 5.74) is 3.72. The highest BCUT2D eigenvalue weighted by molar-refractivity contribution is 6.70. The van der Waals surface area contributed by atoms with Gasteiger partial charge in [0.1, 0.15) is 17.5 Å². The van der Waals surface area contributed by atoms with Crippen molar-refractivity contribution in [2.75, 3.05) is 4.81 Å². The zero-order valence-electron chi connectivity index (χ0n) is 16.1. The first-order valence-electron chi connectivity index (χ1n) is 9.63. The van der Waals surface area contributed by atoms with Gasteiger partial charge in [-0.3, -0.25) is 4.98 Å². The maximum absolute atomic E-state index is 11.2. The van der Waals surface area contributed by atoms with Crippen LogP contribution in [-0.2, 0) is 11.3 Å². The molecule has 0 unspecified atom stereocenters. The molecule has 0 aliphatic heterocycles. The largest absolute Gasteiger partial charge is 0.456 e. The quantitative estimate of drug-likeness (QED) is 0.322. The van der Waals surface area contributed by atoms with Gasteiger partial charge in [-0.25, -0.2) is 0 Å². The number of para-hydroxylation sites is 1. The number of carbonyl (C=O) groups is 1. The third kappa shape index (κ3) is 3.41. The molecule has 0 aliphatic carbocycles. The van der Waals surface area contributed by atoms with E-state index >= 15 is 0 Å². The van der Waals surface area contributed by atoms with Gasteiger partial charge in [-0.15, -0.1) is 0 Å². The Kier molecular flexibility index (Phi) is 4.69. The molecular weight excluding hydrogens is 375 g/mol. The minimum atomic E-state index is 0.274. The number of fused-ring (bicyclic) bond motifs is 2. The summed E-state index contributed by atoms with van der Waals surface area (Å²) in [4.78, 5) is 17.6. The Morgan fingerprint density at radius 1 is 0.967 bits per heavy atom. The lowest BCUT2D eigenvalue weighted by molar-refractivity contribution is 0.568. The van der Waals surface area contributed by atoms with Crippen LogP contribution in [0.25, 0.3) is 33.1 Å². The Bertz CT molecular complexity index is 1300. The first-order valence-corrected chi connectivity index (χ1v) is 9.63. The Balaban J connectivity index is 1.56. The smallest absolute Gasteiger partial charge is 0.311 e. The van der Waals surface area contributed by atoms with Gasteiger partial charge in [-0.2, -0.15) is 10.2 Å².